The van der Waals surface area contributed by atoms with Crippen molar-refractivity contribution in [2.45, 2.75) is 93.2 Å². The van der Waals surface area contributed by atoms with Crippen LogP contribution in [0.5, 0.6) is 0 Å². The van der Waals surface area contributed by atoms with E-state index < -0.39 is 0 Å². The van der Waals surface area contributed by atoms with Crippen LogP contribution < -0.4 is 0 Å². The Morgan fingerprint density at radius 3 is 1.04 bits per heavy atom. The van der Waals surface area contributed by atoms with Gasteiger partial charge >= 0.3 is 0 Å². The van der Waals surface area contributed by atoms with Gasteiger partial charge in [0.1, 0.15) is 0 Å². The normalized spacial score (nSPS) is 11.1. The van der Waals surface area contributed by atoms with Crippen LogP contribution >= 0.6 is 35.3 Å². The molecule has 0 unspecified atom stereocenters. The van der Waals surface area contributed by atoms with Gasteiger partial charge in [-0.15, -0.1) is 35.3 Å². The molecule has 0 N–H and O–H groups in total. The Kier molecular flexibility index (Phi) is 14.4. The second kappa shape index (κ2) is 15.5. The minimum Gasteiger partial charge on any atom is -0.126 e. The largest absolute Gasteiger partial charge is 0.126 e. The van der Waals surface area contributed by atoms with Gasteiger partial charge in [0, 0.05) is 14.7 Å². The molecule has 0 aliphatic rings. The molecule has 0 aliphatic carbocycles. The van der Waals surface area contributed by atoms with Gasteiger partial charge < -0.3 is 0 Å². The van der Waals surface area contributed by atoms with Gasteiger partial charge in [-0.25, -0.2) is 0 Å². The van der Waals surface area contributed by atoms with E-state index in [-0.39, 0.29) is 0 Å². The van der Waals surface area contributed by atoms with Gasteiger partial charge in [-0.05, 0) is 54.7 Å². The molecular formula is C21H36S3. The molecular weight excluding hydrogens is 348 g/mol. The van der Waals surface area contributed by atoms with Gasteiger partial charge in [0.2, 0.25) is 0 Å². The van der Waals surface area contributed by atoms with Crippen molar-refractivity contribution in [2.75, 3.05) is 17.3 Å². The average Bonchev–Trinajstić information content (AvgIpc) is 2.59. The van der Waals surface area contributed by atoms with Crippen LogP contribution in [0.15, 0.2) is 32.9 Å². The van der Waals surface area contributed by atoms with Crippen LogP contribution in [0.1, 0.15) is 78.6 Å². The third-order valence-corrected chi connectivity index (χ3v) is 7.09. The SMILES string of the molecule is CCCCCSc1cc(SCCCCC)cc(SCCCCC)c1. The second-order valence-electron chi connectivity index (χ2n) is 6.31. The summed E-state index contributed by atoms with van der Waals surface area (Å²) in [6, 6.07) is 7.26. The first-order chi connectivity index (χ1) is 11.8. The maximum atomic E-state index is 2.42. The summed E-state index contributed by atoms with van der Waals surface area (Å²) in [5.74, 6) is 3.78. The van der Waals surface area contributed by atoms with Crippen LogP contribution in [0, 0.1) is 0 Å². The smallest absolute Gasteiger partial charge is 0.00942 e. The molecule has 0 amide bonds. The highest BCUT2D eigenvalue weighted by atomic mass is 32.2. The Morgan fingerprint density at radius 1 is 0.500 bits per heavy atom. The monoisotopic (exact) mass is 384 g/mol. The number of benzene rings is 1. The van der Waals surface area contributed by atoms with Crippen molar-refractivity contribution in [3.05, 3.63) is 18.2 Å². The third-order valence-electron chi connectivity index (χ3n) is 3.90. The predicted molar refractivity (Wildman–Crippen MR) is 117 cm³/mol. The highest BCUT2D eigenvalue weighted by molar-refractivity contribution is 8.00. The first-order valence-corrected chi connectivity index (χ1v) is 12.8. The number of hydrogen-bond donors (Lipinski definition) is 0. The highest BCUT2D eigenvalue weighted by Crippen LogP contribution is 2.33. The van der Waals surface area contributed by atoms with Crippen molar-refractivity contribution in [1.29, 1.82) is 0 Å². The fourth-order valence-electron chi connectivity index (χ4n) is 2.42. The summed E-state index contributed by atoms with van der Waals surface area (Å²) in [5, 5.41) is 0. The maximum Gasteiger partial charge on any atom is 0.00942 e. The van der Waals surface area contributed by atoms with Crippen LogP contribution in [-0.2, 0) is 0 Å². The Bertz CT molecular complexity index is 343. The number of rotatable bonds is 15. The molecule has 1 aromatic carbocycles. The molecule has 24 heavy (non-hydrogen) atoms. The lowest BCUT2D eigenvalue weighted by Crippen LogP contribution is -1.86. The minimum atomic E-state index is 1.26. The first-order valence-electron chi connectivity index (χ1n) is 9.83. The van der Waals surface area contributed by atoms with E-state index in [1.807, 2.05) is 35.3 Å². The van der Waals surface area contributed by atoms with Gasteiger partial charge in [-0.2, -0.15) is 0 Å². The molecule has 0 nitrogen and oxygen atoms in total. The quantitative estimate of drug-likeness (QED) is 0.219. The topological polar surface area (TPSA) is 0 Å². The maximum absolute atomic E-state index is 2.42. The molecule has 1 rings (SSSR count). The predicted octanol–water partition coefficient (Wildman–Crippen LogP) is 8.53. The van der Waals surface area contributed by atoms with E-state index in [1.165, 1.54) is 89.7 Å². The zero-order valence-corrected chi connectivity index (χ0v) is 18.4. The molecule has 0 fully saturated rings. The van der Waals surface area contributed by atoms with E-state index >= 15 is 0 Å². The van der Waals surface area contributed by atoms with Crippen LogP contribution in [0.25, 0.3) is 0 Å². The number of unbranched alkanes of at least 4 members (excludes halogenated alkanes) is 6. The van der Waals surface area contributed by atoms with Crippen LogP contribution in [0.3, 0.4) is 0 Å². The molecule has 0 spiro atoms. The molecule has 0 aromatic heterocycles. The Balaban J connectivity index is 2.58. The lowest BCUT2D eigenvalue weighted by molar-refractivity contribution is 0.778. The summed E-state index contributed by atoms with van der Waals surface area (Å²) in [6.07, 6.45) is 12.0. The van der Waals surface area contributed by atoms with E-state index in [9.17, 15) is 0 Å². The minimum absolute atomic E-state index is 1.26. The lowest BCUT2D eigenvalue weighted by Gasteiger charge is -2.10. The van der Waals surface area contributed by atoms with E-state index in [1.54, 1.807) is 0 Å². The van der Waals surface area contributed by atoms with Crippen LogP contribution in [0.2, 0.25) is 0 Å². The summed E-state index contributed by atoms with van der Waals surface area (Å²) >= 11 is 6.15. The zero-order chi connectivity index (χ0) is 17.5. The molecule has 0 bridgehead atoms. The van der Waals surface area contributed by atoms with E-state index in [0.717, 1.165) is 0 Å². The second-order valence-corrected chi connectivity index (χ2v) is 9.81. The fourth-order valence-corrected chi connectivity index (χ4v) is 5.66. The van der Waals surface area contributed by atoms with Crippen molar-refractivity contribution in [3.8, 4) is 0 Å². The molecule has 0 saturated heterocycles. The van der Waals surface area contributed by atoms with Crippen molar-refractivity contribution >= 4 is 35.3 Å². The molecule has 138 valence electrons. The van der Waals surface area contributed by atoms with Crippen LogP contribution in [-0.4, -0.2) is 17.3 Å². The zero-order valence-electron chi connectivity index (χ0n) is 15.9. The highest BCUT2D eigenvalue weighted by Gasteiger charge is 2.04. The third kappa shape index (κ3) is 11.0. The number of thioether (sulfide) groups is 3. The molecule has 0 saturated carbocycles. The molecule has 0 atom stereocenters. The van der Waals surface area contributed by atoms with Crippen molar-refractivity contribution < 1.29 is 0 Å². The van der Waals surface area contributed by atoms with E-state index in [2.05, 4.69) is 39.0 Å². The molecule has 0 heterocycles. The summed E-state index contributed by atoms with van der Waals surface area (Å²) in [7, 11) is 0. The van der Waals surface area contributed by atoms with Crippen molar-refractivity contribution in [3.63, 3.8) is 0 Å². The Hall–Kier alpha value is 0.270. The first kappa shape index (κ1) is 22.3. The fraction of sp³-hybridized carbons (Fsp3) is 0.714. The standard InChI is InChI=1S/C21H36S3/c1-4-7-10-13-22-19-16-20(23-14-11-8-5-2)18-21(17-19)24-15-12-9-6-3/h16-18H,4-15H2,1-3H3. The van der Waals surface area contributed by atoms with Crippen molar-refractivity contribution in [1.82, 2.24) is 0 Å². The summed E-state index contributed by atoms with van der Waals surface area (Å²) in [4.78, 5) is 4.43. The molecule has 3 heteroatoms. The average molecular weight is 385 g/mol. The summed E-state index contributed by atoms with van der Waals surface area (Å²) < 4.78 is 0. The molecule has 0 radical (unpaired) electrons. The summed E-state index contributed by atoms with van der Waals surface area (Å²) in [5.41, 5.74) is 0. The Morgan fingerprint density at radius 2 is 0.792 bits per heavy atom. The number of hydrogen-bond acceptors (Lipinski definition) is 3. The van der Waals surface area contributed by atoms with Gasteiger partial charge in [-0.1, -0.05) is 59.3 Å². The van der Waals surface area contributed by atoms with E-state index in [0.29, 0.717) is 0 Å². The van der Waals surface area contributed by atoms with Crippen LogP contribution in [0.4, 0.5) is 0 Å². The molecule has 1 aromatic rings. The summed E-state index contributed by atoms with van der Waals surface area (Å²) in [6.45, 7) is 6.84. The van der Waals surface area contributed by atoms with Gasteiger partial charge in [-0.3, -0.25) is 0 Å². The van der Waals surface area contributed by atoms with Gasteiger partial charge in [0.15, 0.2) is 0 Å². The Labute approximate surface area is 163 Å². The van der Waals surface area contributed by atoms with Gasteiger partial charge in [0.05, 0.1) is 0 Å². The molecule has 0 aliphatic heterocycles. The van der Waals surface area contributed by atoms with E-state index in [4.69, 9.17) is 0 Å². The lowest BCUT2D eigenvalue weighted by atomic mass is 10.3. The van der Waals surface area contributed by atoms with Gasteiger partial charge in [0.25, 0.3) is 0 Å². The van der Waals surface area contributed by atoms with Crippen molar-refractivity contribution in [2.24, 2.45) is 0 Å².